The Morgan fingerprint density at radius 1 is 1.15 bits per heavy atom. The van der Waals surface area contributed by atoms with Crippen LogP contribution < -0.4 is 4.74 Å². The van der Waals surface area contributed by atoms with Gasteiger partial charge in [-0.05, 0) is 43.2 Å². The molecule has 0 saturated heterocycles. The monoisotopic (exact) mass is 363 g/mol. The molecule has 0 aliphatic rings. The van der Waals surface area contributed by atoms with Gasteiger partial charge in [0.2, 0.25) is 5.89 Å². The van der Waals surface area contributed by atoms with Crippen molar-refractivity contribution in [2.24, 2.45) is 0 Å². The molecule has 0 saturated carbocycles. The molecule has 1 aromatic heterocycles. The molecule has 1 N–H and O–H groups in total. The molecular formula is C22H21NO4. The first kappa shape index (κ1) is 18.5. The maximum Gasteiger partial charge on any atom is 0.327 e. The normalized spacial score (nSPS) is 11.0. The van der Waals surface area contributed by atoms with E-state index in [9.17, 15) is 4.79 Å². The van der Waals surface area contributed by atoms with Crippen LogP contribution in [0.25, 0.3) is 11.5 Å². The van der Waals surface area contributed by atoms with Crippen molar-refractivity contribution in [1.29, 1.82) is 0 Å². The Morgan fingerprint density at radius 2 is 1.89 bits per heavy atom. The Hall–Kier alpha value is -3.34. The van der Waals surface area contributed by atoms with Gasteiger partial charge in [-0.3, -0.25) is 0 Å². The molecule has 5 heteroatoms. The van der Waals surface area contributed by atoms with Crippen molar-refractivity contribution in [1.82, 2.24) is 4.98 Å². The third-order valence-corrected chi connectivity index (χ3v) is 4.06. The molecule has 0 aliphatic carbocycles. The van der Waals surface area contributed by atoms with E-state index >= 15 is 0 Å². The van der Waals surface area contributed by atoms with E-state index in [0.717, 1.165) is 34.4 Å². The van der Waals surface area contributed by atoms with Crippen molar-refractivity contribution in [3.05, 3.63) is 83.8 Å². The molecule has 0 spiro atoms. The van der Waals surface area contributed by atoms with E-state index in [1.54, 1.807) is 6.08 Å². The highest BCUT2D eigenvalue weighted by atomic mass is 16.5. The van der Waals surface area contributed by atoms with Gasteiger partial charge in [-0.25, -0.2) is 9.78 Å². The van der Waals surface area contributed by atoms with Gasteiger partial charge < -0.3 is 14.3 Å². The number of carboxylic acid groups (broad SMARTS) is 1. The largest absolute Gasteiger partial charge is 0.493 e. The number of carboxylic acids is 1. The van der Waals surface area contributed by atoms with Crippen molar-refractivity contribution in [3.8, 4) is 17.2 Å². The predicted octanol–water partition coefficient (Wildman–Crippen LogP) is 4.45. The lowest BCUT2D eigenvalue weighted by Gasteiger charge is -2.06. The van der Waals surface area contributed by atoms with Crippen LogP contribution in [0.1, 0.15) is 17.0 Å². The minimum atomic E-state index is -0.937. The SMILES string of the molecule is Cc1oc(-c2ccccc2)nc1CCOc1ccc(C/C=C/C(=O)O)cc1. The molecule has 2 aromatic carbocycles. The number of aromatic nitrogens is 1. The first-order valence-corrected chi connectivity index (χ1v) is 8.75. The molecule has 0 unspecified atom stereocenters. The smallest absolute Gasteiger partial charge is 0.327 e. The molecule has 1 heterocycles. The third kappa shape index (κ3) is 5.31. The zero-order chi connectivity index (χ0) is 19.1. The maximum absolute atomic E-state index is 10.5. The van der Waals surface area contributed by atoms with Crippen molar-refractivity contribution in [2.45, 2.75) is 19.8 Å². The van der Waals surface area contributed by atoms with E-state index < -0.39 is 5.97 Å². The fourth-order valence-corrected chi connectivity index (χ4v) is 2.65. The van der Waals surface area contributed by atoms with Crippen LogP contribution in [0.15, 0.2) is 71.2 Å². The number of oxazole rings is 1. The molecule has 3 aromatic rings. The van der Waals surface area contributed by atoms with Crippen molar-refractivity contribution >= 4 is 5.97 Å². The van der Waals surface area contributed by atoms with Crippen LogP contribution in [0, 0.1) is 6.92 Å². The number of nitrogens with zero attached hydrogens (tertiary/aromatic N) is 1. The van der Waals surface area contributed by atoms with E-state index in [-0.39, 0.29) is 0 Å². The van der Waals surface area contributed by atoms with Gasteiger partial charge >= 0.3 is 5.97 Å². The molecule has 0 aliphatic heterocycles. The molecule has 138 valence electrons. The topological polar surface area (TPSA) is 72.6 Å². The average molecular weight is 363 g/mol. The number of rotatable bonds is 8. The fraction of sp³-hybridized carbons (Fsp3) is 0.182. The number of allylic oxidation sites excluding steroid dienone is 1. The Kier molecular flexibility index (Phi) is 6.05. The average Bonchev–Trinajstić information content (AvgIpc) is 3.04. The van der Waals surface area contributed by atoms with Gasteiger partial charge in [0.05, 0.1) is 12.3 Å². The molecule has 3 rings (SSSR count). The van der Waals surface area contributed by atoms with Gasteiger partial charge in [-0.15, -0.1) is 0 Å². The van der Waals surface area contributed by atoms with Gasteiger partial charge in [0.25, 0.3) is 0 Å². The summed E-state index contributed by atoms with van der Waals surface area (Å²) in [6.07, 6.45) is 4.00. The Morgan fingerprint density at radius 3 is 2.59 bits per heavy atom. The summed E-state index contributed by atoms with van der Waals surface area (Å²) in [6.45, 7) is 2.41. The number of aryl methyl sites for hydroxylation is 1. The summed E-state index contributed by atoms with van der Waals surface area (Å²) >= 11 is 0. The second-order valence-electron chi connectivity index (χ2n) is 6.08. The van der Waals surface area contributed by atoms with Crippen LogP contribution in [0.3, 0.4) is 0 Å². The number of aliphatic carboxylic acids is 1. The lowest BCUT2D eigenvalue weighted by atomic mass is 10.1. The number of hydrogen-bond donors (Lipinski definition) is 1. The van der Waals surface area contributed by atoms with Gasteiger partial charge in [0.1, 0.15) is 11.5 Å². The summed E-state index contributed by atoms with van der Waals surface area (Å²) in [5.74, 6) is 1.26. The number of ether oxygens (including phenoxy) is 1. The summed E-state index contributed by atoms with van der Waals surface area (Å²) in [7, 11) is 0. The summed E-state index contributed by atoms with van der Waals surface area (Å²) in [4.78, 5) is 15.0. The highest BCUT2D eigenvalue weighted by molar-refractivity contribution is 5.79. The zero-order valence-electron chi connectivity index (χ0n) is 15.1. The lowest BCUT2D eigenvalue weighted by molar-refractivity contribution is -0.131. The fourth-order valence-electron chi connectivity index (χ4n) is 2.65. The van der Waals surface area contributed by atoms with Crippen molar-refractivity contribution in [3.63, 3.8) is 0 Å². The standard InChI is InChI=1S/C22H21NO4/c1-16-20(23-22(27-16)18-7-3-2-4-8-18)14-15-26-19-12-10-17(11-13-19)6-5-9-21(24)25/h2-5,7-13H,6,14-15H2,1H3,(H,24,25)/b9-5+. The van der Waals surface area contributed by atoms with Crippen LogP contribution in [-0.2, 0) is 17.6 Å². The first-order chi connectivity index (χ1) is 13.1. The quantitative estimate of drug-likeness (QED) is 0.599. The van der Waals surface area contributed by atoms with Crippen LogP contribution in [0.4, 0.5) is 0 Å². The Labute approximate surface area is 157 Å². The molecule has 5 nitrogen and oxygen atoms in total. The van der Waals surface area contributed by atoms with E-state index in [1.807, 2.05) is 61.5 Å². The van der Waals surface area contributed by atoms with Gasteiger partial charge in [-0.2, -0.15) is 0 Å². The Balaban J connectivity index is 1.53. The number of carbonyl (C=O) groups is 1. The van der Waals surface area contributed by atoms with Gasteiger partial charge in [-0.1, -0.05) is 36.4 Å². The van der Waals surface area contributed by atoms with Crippen LogP contribution >= 0.6 is 0 Å². The molecule has 0 atom stereocenters. The molecule has 0 radical (unpaired) electrons. The second-order valence-corrected chi connectivity index (χ2v) is 6.08. The van der Waals surface area contributed by atoms with Gasteiger partial charge in [0.15, 0.2) is 0 Å². The molecular weight excluding hydrogens is 342 g/mol. The minimum Gasteiger partial charge on any atom is -0.493 e. The number of hydrogen-bond acceptors (Lipinski definition) is 4. The predicted molar refractivity (Wildman–Crippen MR) is 103 cm³/mol. The van der Waals surface area contributed by atoms with Crippen molar-refractivity contribution < 1.29 is 19.1 Å². The summed E-state index contributed by atoms with van der Waals surface area (Å²) in [6, 6.07) is 17.4. The molecule has 0 amide bonds. The highest BCUT2D eigenvalue weighted by Crippen LogP contribution is 2.22. The second kappa shape index (κ2) is 8.85. The van der Waals surface area contributed by atoms with E-state index in [1.165, 1.54) is 0 Å². The molecule has 0 bridgehead atoms. The van der Waals surface area contributed by atoms with Crippen LogP contribution in [0.2, 0.25) is 0 Å². The van der Waals surface area contributed by atoms with Crippen molar-refractivity contribution in [2.75, 3.05) is 6.61 Å². The summed E-state index contributed by atoms with van der Waals surface area (Å²) < 4.78 is 11.5. The zero-order valence-corrected chi connectivity index (χ0v) is 15.1. The molecule has 27 heavy (non-hydrogen) atoms. The highest BCUT2D eigenvalue weighted by Gasteiger charge is 2.11. The third-order valence-electron chi connectivity index (χ3n) is 4.06. The van der Waals surface area contributed by atoms with Crippen LogP contribution in [0.5, 0.6) is 5.75 Å². The van der Waals surface area contributed by atoms with E-state index in [4.69, 9.17) is 14.3 Å². The summed E-state index contributed by atoms with van der Waals surface area (Å²) in [5, 5.41) is 8.59. The van der Waals surface area contributed by atoms with Gasteiger partial charge in [0, 0.05) is 18.1 Å². The maximum atomic E-state index is 10.5. The number of benzene rings is 2. The molecule has 0 fully saturated rings. The summed E-state index contributed by atoms with van der Waals surface area (Å²) in [5.41, 5.74) is 2.88. The minimum absolute atomic E-state index is 0.500. The Bertz CT molecular complexity index is 911. The first-order valence-electron chi connectivity index (χ1n) is 8.75. The van der Waals surface area contributed by atoms with E-state index in [0.29, 0.717) is 25.3 Å². The van der Waals surface area contributed by atoms with Crippen LogP contribution in [-0.4, -0.2) is 22.7 Å². The lowest BCUT2D eigenvalue weighted by Crippen LogP contribution is -2.02. The van der Waals surface area contributed by atoms with E-state index in [2.05, 4.69) is 4.98 Å².